The van der Waals surface area contributed by atoms with Crippen LogP contribution in [0.2, 0.25) is 0 Å². The van der Waals surface area contributed by atoms with Crippen molar-refractivity contribution in [2.75, 3.05) is 6.67 Å². The smallest absolute Gasteiger partial charge is 0.218 e. The molecule has 86 valence electrons. The highest BCUT2D eigenvalue weighted by Crippen LogP contribution is 2.17. The summed E-state index contributed by atoms with van der Waals surface area (Å²) in [6.07, 6.45) is 1.76. The molecule has 0 fully saturated rings. The second-order valence-electron chi connectivity index (χ2n) is 4.00. The number of guanidine groups is 1. The lowest BCUT2D eigenvalue weighted by Gasteiger charge is -2.27. The Kier molecular flexibility index (Phi) is 2.36. The normalized spacial score (nSPS) is 19.1. The van der Waals surface area contributed by atoms with Gasteiger partial charge in [-0.2, -0.15) is 10.1 Å². The van der Waals surface area contributed by atoms with Gasteiger partial charge in [-0.1, -0.05) is 30.3 Å². The van der Waals surface area contributed by atoms with Gasteiger partial charge in [-0.25, -0.2) is 10.0 Å². The van der Waals surface area contributed by atoms with E-state index in [1.54, 1.807) is 0 Å². The first kappa shape index (κ1) is 10.0. The van der Waals surface area contributed by atoms with E-state index in [-0.39, 0.29) is 0 Å². The minimum absolute atomic E-state index is 0.356. The van der Waals surface area contributed by atoms with E-state index in [1.165, 1.54) is 0 Å². The van der Waals surface area contributed by atoms with Crippen molar-refractivity contribution in [3.8, 4) is 0 Å². The average molecular weight is 227 g/mol. The van der Waals surface area contributed by atoms with Crippen LogP contribution >= 0.6 is 0 Å². The van der Waals surface area contributed by atoms with Gasteiger partial charge in [-0.15, -0.1) is 0 Å². The number of benzene rings is 1. The Labute approximate surface area is 99.4 Å². The zero-order valence-electron chi connectivity index (χ0n) is 9.37. The first-order valence-electron chi connectivity index (χ1n) is 5.61. The molecule has 0 aliphatic carbocycles. The van der Waals surface area contributed by atoms with Crippen LogP contribution in [0.15, 0.2) is 45.4 Å². The Morgan fingerprint density at radius 1 is 1.12 bits per heavy atom. The molecule has 0 unspecified atom stereocenters. The maximum atomic E-state index is 5.57. The number of amidine groups is 1. The summed E-state index contributed by atoms with van der Waals surface area (Å²) in [5.74, 6) is 1.27. The van der Waals surface area contributed by atoms with Crippen molar-refractivity contribution < 1.29 is 0 Å². The summed E-state index contributed by atoms with van der Waals surface area (Å²) in [4.78, 5) is 8.26. The maximum Gasteiger partial charge on any atom is 0.218 e. The largest absolute Gasteiger partial charge is 0.368 e. The van der Waals surface area contributed by atoms with Crippen LogP contribution < -0.4 is 5.73 Å². The highest BCUT2D eigenvalue weighted by atomic mass is 15.5. The van der Waals surface area contributed by atoms with E-state index in [1.807, 2.05) is 23.2 Å². The van der Waals surface area contributed by atoms with Crippen molar-refractivity contribution in [3.63, 3.8) is 0 Å². The standard InChI is InChI=1S/C12H13N5/c13-12-14-8-17-11(15-12)7-6-10(16-17)9-4-2-1-3-5-9/h1-5H,6-8H2,(H2,13,14). The molecule has 1 aromatic rings. The number of rotatable bonds is 1. The summed E-state index contributed by atoms with van der Waals surface area (Å²) in [6.45, 7) is 0.473. The summed E-state index contributed by atoms with van der Waals surface area (Å²) >= 11 is 0. The zero-order chi connectivity index (χ0) is 11.7. The molecule has 0 amide bonds. The molecule has 0 radical (unpaired) electrons. The Morgan fingerprint density at radius 3 is 2.76 bits per heavy atom. The molecule has 17 heavy (non-hydrogen) atoms. The number of nitrogens with two attached hydrogens (primary N) is 1. The van der Waals surface area contributed by atoms with Crippen LogP contribution in [-0.4, -0.2) is 29.2 Å². The van der Waals surface area contributed by atoms with Crippen LogP contribution in [0.1, 0.15) is 18.4 Å². The molecule has 0 spiro atoms. The fourth-order valence-electron chi connectivity index (χ4n) is 1.98. The topological polar surface area (TPSA) is 66.3 Å². The van der Waals surface area contributed by atoms with Gasteiger partial charge in [0.05, 0.1) is 5.71 Å². The fourth-order valence-corrected chi connectivity index (χ4v) is 1.98. The summed E-state index contributed by atoms with van der Waals surface area (Å²) in [5, 5.41) is 6.39. The molecule has 3 rings (SSSR count). The summed E-state index contributed by atoms with van der Waals surface area (Å²) in [6, 6.07) is 10.2. The van der Waals surface area contributed by atoms with Gasteiger partial charge in [-0.3, -0.25) is 0 Å². The SMILES string of the molecule is NC1=NCN2N=C(c3ccccc3)CCC2=N1. The van der Waals surface area contributed by atoms with Gasteiger partial charge in [0.2, 0.25) is 5.96 Å². The first-order valence-corrected chi connectivity index (χ1v) is 5.61. The van der Waals surface area contributed by atoms with E-state index in [2.05, 4.69) is 27.2 Å². The number of hydrogen-bond donors (Lipinski definition) is 1. The van der Waals surface area contributed by atoms with E-state index in [4.69, 9.17) is 5.73 Å². The van der Waals surface area contributed by atoms with E-state index in [9.17, 15) is 0 Å². The van der Waals surface area contributed by atoms with Crippen molar-refractivity contribution in [2.45, 2.75) is 12.8 Å². The van der Waals surface area contributed by atoms with E-state index in [0.29, 0.717) is 12.6 Å². The van der Waals surface area contributed by atoms with Crippen molar-refractivity contribution in [1.29, 1.82) is 0 Å². The van der Waals surface area contributed by atoms with Crippen LogP contribution in [0.4, 0.5) is 0 Å². The summed E-state index contributed by atoms with van der Waals surface area (Å²) < 4.78 is 0. The average Bonchev–Trinajstić information content (AvgIpc) is 2.39. The van der Waals surface area contributed by atoms with E-state index >= 15 is 0 Å². The molecule has 2 aliphatic rings. The minimum atomic E-state index is 0.356. The van der Waals surface area contributed by atoms with Crippen molar-refractivity contribution in [1.82, 2.24) is 5.01 Å². The predicted molar refractivity (Wildman–Crippen MR) is 68.0 cm³/mol. The fraction of sp³-hybridized carbons (Fsp3) is 0.250. The lowest BCUT2D eigenvalue weighted by atomic mass is 10.0. The van der Waals surface area contributed by atoms with Crippen LogP contribution in [0.3, 0.4) is 0 Å². The molecule has 2 N–H and O–H groups in total. The third kappa shape index (κ3) is 1.91. The molecule has 0 saturated heterocycles. The molecule has 0 aromatic heterocycles. The van der Waals surface area contributed by atoms with Gasteiger partial charge in [0.15, 0.2) is 0 Å². The molecule has 2 aliphatic heterocycles. The van der Waals surface area contributed by atoms with Crippen molar-refractivity contribution >= 4 is 17.5 Å². The number of hydrazone groups is 1. The second-order valence-corrected chi connectivity index (χ2v) is 4.00. The van der Waals surface area contributed by atoms with Gasteiger partial charge in [-0.05, 0) is 12.0 Å². The summed E-state index contributed by atoms with van der Waals surface area (Å²) in [5.41, 5.74) is 7.82. The molecular formula is C12H13N5. The molecule has 2 heterocycles. The number of nitrogens with zero attached hydrogens (tertiary/aromatic N) is 4. The van der Waals surface area contributed by atoms with E-state index in [0.717, 1.165) is 30.0 Å². The highest BCUT2D eigenvalue weighted by Gasteiger charge is 2.21. The van der Waals surface area contributed by atoms with Crippen LogP contribution in [0, 0.1) is 0 Å². The van der Waals surface area contributed by atoms with Gasteiger partial charge in [0.1, 0.15) is 12.5 Å². The molecule has 0 bridgehead atoms. The van der Waals surface area contributed by atoms with Crippen LogP contribution in [-0.2, 0) is 0 Å². The van der Waals surface area contributed by atoms with Crippen molar-refractivity contribution in [2.24, 2.45) is 20.8 Å². The molecule has 0 atom stereocenters. The van der Waals surface area contributed by atoms with Gasteiger partial charge in [0, 0.05) is 6.42 Å². The van der Waals surface area contributed by atoms with Gasteiger partial charge in [0.25, 0.3) is 0 Å². The third-order valence-corrected chi connectivity index (χ3v) is 2.84. The Balaban J connectivity index is 1.90. The molecule has 5 nitrogen and oxygen atoms in total. The monoisotopic (exact) mass is 227 g/mol. The van der Waals surface area contributed by atoms with Crippen molar-refractivity contribution in [3.05, 3.63) is 35.9 Å². The molecular weight excluding hydrogens is 214 g/mol. The Bertz CT molecular complexity index is 515. The van der Waals surface area contributed by atoms with Gasteiger partial charge >= 0.3 is 0 Å². The molecule has 0 saturated carbocycles. The van der Waals surface area contributed by atoms with E-state index < -0.39 is 0 Å². The Hall–Kier alpha value is -2.17. The quantitative estimate of drug-likeness (QED) is 0.782. The minimum Gasteiger partial charge on any atom is -0.368 e. The number of fused-ring (bicyclic) bond motifs is 1. The van der Waals surface area contributed by atoms with Gasteiger partial charge < -0.3 is 5.73 Å². The predicted octanol–water partition coefficient (Wildman–Crippen LogP) is 1.17. The summed E-state index contributed by atoms with van der Waals surface area (Å²) in [7, 11) is 0. The molecule has 1 aromatic carbocycles. The highest BCUT2D eigenvalue weighted by molar-refractivity contribution is 6.07. The van der Waals surface area contributed by atoms with Crippen LogP contribution in [0.25, 0.3) is 0 Å². The second kappa shape index (κ2) is 4.01. The first-order chi connectivity index (χ1) is 8.33. The lowest BCUT2D eigenvalue weighted by molar-refractivity contribution is 0.433. The number of hydrogen-bond acceptors (Lipinski definition) is 5. The maximum absolute atomic E-state index is 5.57. The zero-order valence-corrected chi connectivity index (χ0v) is 9.37. The van der Waals surface area contributed by atoms with Crippen LogP contribution in [0.5, 0.6) is 0 Å². The lowest BCUT2D eigenvalue weighted by Crippen LogP contribution is -2.37. The third-order valence-electron chi connectivity index (χ3n) is 2.84. The molecule has 5 heteroatoms. The Morgan fingerprint density at radius 2 is 1.94 bits per heavy atom. The number of aliphatic imine (C=N–C) groups is 2.